The lowest BCUT2D eigenvalue weighted by Crippen LogP contribution is -2.49. The number of carbonyl (C=O) groups is 1. The summed E-state index contributed by atoms with van der Waals surface area (Å²) in [5.74, 6) is -1.60. The molecule has 0 amide bonds. The third-order valence-corrected chi connectivity index (χ3v) is 5.29. The van der Waals surface area contributed by atoms with Gasteiger partial charge in [0, 0.05) is 17.9 Å². The number of hydrogen-bond acceptors (Lipinski definition) is 7. The quantitative estimate of drug-likeness (QED) is 0.719. The first-order valence-electron chi connectivity index (χ1n) is 9.14. The Bertz CT molecular complexity index is 968. The average Bonchev–Trinajstić information content (AvgIpc) is 2.71. The lowest BCUT2D eigenvalue weighted by atomic mass is 9.76. The fraction of sp³-hybridized carbons (Fsp3) is 0.400. The zero-order valence-electron chi connectivity index (χ0n) is 16.6. The predicted octanol–water partition coefficient (Wildman–Crippen LogP) is 2.88. The van der Waals surface area contributed by atoms with E-state index in [0.29, 0.717) is 5.56 Å². The van der Waals surface area contributed by atoms with Crippen molar-refractivity contribution < 1.29 is 27.4 Å². The van der Waals surface area contributed by atoms with Crippen LogP contribution < -0.4 is 10.5 Å². The molecule has 1 aromatic carbocycles. The van der Waals surface area contributed by atoms with Gasteiger partial charge in [0.25, 0.3) is 12.4 Å². The molecule has 0 spiro atoms. The van der Waals surface area contributed by atoms with Crippen molar-refractivity contribution in [3.8, 4) is 5.88 Å². The Morgan fingerprint density at radius 2 is 2.07 bits per heavy atom. The summed E-state index contributed by atoms with van der Waals surface area (Å²) in [4.78, 5) is 24.6. The topological polar surface area (TPSA) is 99.7 Å². The van der Waals surface area contributed by atoms with Crippen molar-refractivity contribution in [2.75, 3.05) is 7.11 Å². The molecule has 0 radical (unpaired) electrons. The van der Waals surface area contributed by atoms with Crippen LogP contribution in [-0.2, 0) is 16.7 Å². The van der Waals surface area contributed by atoms with Gasteiger partial charge in [-0.25, -0.2) is 28.1 Å². The third-order valence-electron chi connectivity index (χ3n) is 5.29. The Morgan fingerprint density at radius 3 is 2.67 bits per heavy atom. The monoisotopic (exact) mass is 422 g/mol. The number of amidine groups is 1. The van der Waals surface area contributed by atoms with Crippen molar-refractivity contribution in [1.82, 2.24) is 9.97 Å². The average molecular weight is 422 g/mol. The number of ketones is 1. The van der Waals surface area contributed by atoms with Gasteiger partial charge in [-0.3, -0.25) is 4.79 Å². The molecule has 160 valence electrons. The van der Waals surface area contributed by atoms with Crippen molar-refractivity contribution in [3.63, 3.8) is 0 Å². The van der Waals surface area contributed by atoms with Gasteiger partial charge in [-0.05, 0) is 24.6 Å². The van der Waals surface area contributed by atoms with E-state index in [4.69, 9.17) is 15.2 Å². The second-order valence-corrected chi connectivity index (χ2v) is 7.16. The van der Waals surface area contributed by atoms with E-state index in [-0.39, 0.29) is 29.3 Å². The Labute approximate surface area is 171 Å². The highest BCUT2D eigenvalue weighted by atomic mass is 19.3. The maximum Gasteiger partial charge on any atom is 0.283 e. The van der Waals surface area contributed by atoms with Crippen LogP contribution in [0, 0.1) is 11.7 Å². The fourth-order valence-electron chi connectivity index (χ4n) is 3.41. The molecule has 0 unspecified atom stereocenters. The molecule has 1 aliphatic rings. The highest BCUT2D eigenvalue weighted by Gasteiger charge is 2.47. The molecule has 7 nitrogen and oxygen atoms in total. The van der Waals surface area contributed by atoms with E-state index in [9.17, 15) is 18.0 Å². The number of alkyl halides is 2. The highest BCUT2D eigenvalue weighted by molar-refractivity contribution is 5.95. The van der Waals surface area contributed by atoms with Crippen molar-refractivity contribution in [2.45, 2.75) is 38.3 Å². The predicted molar refractivity (Wildman–Crippen MR) is 102 cm³/mol. The molecule has 2 heterocycles. The van der Waals surface area contributed by atoms with E-state index in [1.165, 1.54) is 51.6 Å². The number of carbonyl (C=O) groups excluding carboxylic acids is 1. The van der Waals surface area contributed by atoms with E-state index < -0.39 is 35.8 Å². The van der Waals surface area contributed by atoms with Crippen LogP contribution in [0.1, 0.15) is 35.5 Å². The fourth-order valence-corrected chi connectivity index (χ4v) is 3.41. The lowest BCUT2D eigenvalue weighted by molar-refractivity contribution is -0.0573. The summed E-state index contributed by atoms with van der Waals surface area (Å²) in [5.41, 5.74) is 4.84. The maximum absolute atomic E-state index is 14.7. The highest BCUT2D eigenvalue weighted by Crippen LogP contribution is 2.42. The molecule has 10 heteroatoms. The summed E-state index contributed by atoms with van der Waals surface area (Å²) in [6, 6.07) is 3.62. The van der Waals surface area contributed by atoms with Crippen LogP contribution in [0.25, 0.3) is 0 Å². The van der Waals surface area contributed by atoms with Crippen molar-refractivity contribution >= 4 is 11.8 Å². The minimum absolute atomic E-state index is 0.0537. The Balaban J connectivity index is 1.92. The molecule has 1 aliphatic heterocycles. The second-order valence-electron chi connectivity index (χ2n) is 7.16. The zero-order chi connectivity index (χ0) is 22.1. The van der Waals surface area contributed by atoms with Gasteiger partial charge in [0.1, 0.15) is 11.5 Å². The number of aliphatic imine (C=N–C) groups is 1. The largest absolute Gasteiger partial charge is 0.480 e. The number of nitrogens with two attached hydrogens (primary N) is 1. The number of ether oxygens (including phenoxy) is 2. The van der Waals surface area contributed by atoms with Gasteiger partial charge in [-0.2, -0.15) is 0 Å². The van der Waals surface area contributed by atoms with Crippen molar-refractivity contribution in [2.24, 2.45) is 16.6 Å². The Morgan fingerprint density at radius 1 is 1.33 bits per heavy atom. The summed E-state index contributed by atoms with van der Waals surface area (Å²) in [5, 5.41) is 0. The second kappa shape index (κ2) is 8.29. The lowest BCUT2D eigenvalue weighted by Gasteiger charge is -2.40. The molecule has 0 bridgehead atoms. The van der Waals surface area contributed by atoms with E-state index >= 15 is 0 Å². The number of methoxy groups -OCH3 is 1. The van der Waals surface area contributed by atoms with Crippen molar-refractivity contribution in [3.05, 3.63) is 53.2 Å². The van der Waals surface area contributed by atoms with Crippen LogP contribution >= 0.6 is 0 Å². The van der Waals surface area contributed by atoms with Gasteiger partial charge >= 0.3 is 0 Å². The van der Waals surface area contributed by atoms with Crippen LogP contribution in [-0.4, -0.2) is 41.4 Å². The molecular weight excluding hydrogens is 401 g/mol. The summed E-state index contributed by atoms with van der Waals surface area (Å²) < 4.78 is 51.4. The van der Waals surface area contributed by atoms with Gasteiger partial charge in [-0.15, -0.1) is 0 Å². The first-order chi connectivity index (χ1) is 14.2. The summed E-state index contributed by atoms with van der Waals surface area (Å²) in [6.45, 7) is 3.01. The number of halogens is 3. The normalized spacial score (nSPS) is 23.6. The van der Waals surface area contributed by atoms with Gasteiger partial charge in [0.05, 0.1) is 25.0 Å². The minimum atomic E-state index is -2.82. The standard InChI is InChI=1S/C20H21F3N4O3/c1-10-17(18(22)23)30-19(24)27-20(10,2)12-6-11(4-5-13(12)21)7-15(28)14-8-26-16(29-3)9-25-14/h4-6,8-10,17-18H,7H2,1-3H3,(H2,24,27)/t10-,17-,20-/m0/s1. The number of benzene rings is 1. The van der Waals surface area contributed by atoms with E-state index in [1.54, 1.807) is 0 Å². The number of nitrogens with zero attached hydrogens (tertiary/aromatic N) is 3. The van der Waals surface area contributed by atoms with Crippen LogP contribution in [0.4, 0.5) is 13.2 Å². The first-order valence-corrected chi connectivity index (χ1v) is 9.14. The molecular formula is C20H21F3N4O3. The van der Waals surface area contributed by atoms with Crippen LogP contribution in [0.5, 0.6) is 5.88 Å². The molecule has 1 aromatic heterocycles. The number of aromatic nitrogens is 2. The van der Waals surface area contributed by atoms with E-state index in [1.807, 2.05) is 0 Å². The zero-order valence-corrected chi connectivity index (χ0v) is 16.6. The number of hydrogen-bond donors (Lipinski definition) is 1. The molecule has 0 aliphatic carbocycles. The van der Waals surface area contributed by atoms with Crippen LogP contribution in [0.2, 0.25) is 0 Å². The first kappa shape index (κ1) is 21.5. The Hall–Kier alpha value is -3.17. The molecule has 0 fully saturated rings. The molecule has 3 rings (SSSR count). The maximum atomic E-state index is 14.7. The minimum Gasteiger partial charge on any atom is -0.480 e. The molecule has 0 saturated heterocycles. The molecule has 3 atom stereocenters. The number of rotatable bonds is 6. The molecule has 30 heavy (non-hydrogen) atoms. The van der Waals surface area contributed by atoms with Gasteiger partial charge in [0.2, 0.25) is 5.88 Å². The number of Topliss-reactive ketones (excluding diaryl/α,β-unsaturated/α-hetero) is 1. The van der Waals surface area contributed by atoms with Crippen LogP contribution in [0.15, 0.2) is 35.6 Å². The Kier molecular flexibility index (Phi) is 5.95. The van der Waals surface area contributed by atoms with E-state index in [0.717, 1.165) is 0 Å². The third kappa shape index (κ3) is 4.07. The summed E-state index contributed by atoms with van der Waals surface area (Å²) in [6.07, 6.45) is -1.85. The summed E-state index contributed by atoms with van der Waals surface area (Å²) >= 11 is 0. The SMILES string of the molecule is COc1cnc(C(=O)Cc2ccc(F)c([C@@]3(C)N=C(N)O[C@H](C(F)F)[C@@H]3C)c2)cn1. The summed E-state index contributed by atoms with van der Waals surface area (Å²) in [7, 11) is 1.43. The van der Waals surface area contributed by atoms with E-state index in [2.05, 4.69) is 15.0 Å². The smallest absolute Gasteiger partial charge is 0.283 e. The van der Waals surface area contributed by atoms with Gasteiger partial charge < -0.3 is 15.2 Å². The van der Waals surface area contributed by atoms with Gasteiger partial charge in [0.15, 0.2) is 11.9 Å². The van der Waals surface area contributed by atoms with Gasteiger partial charge in [-0.1, -0.05) is 13.0 Å². The van der Waals surface area contributed by atoms with Crippen molar-refractivity contribution in [1.29, 1.82) is 0 Å². The molecule has 2 N–H and O–H groups in total. The molecule has 2 aromatic rings. The molecule has 0 saturated carbocycles. The van der Waals surface area contributed by atoms with Crippen LogP contribution in [0.3, 0.4) is 0 Å².